The molecule has 0 bridgehead atoms. The summed E-state index contributed by atoms with van der Waals surface area (Å²) in [4.78, 5) is 57.4. The van der Waals surface area contributed by atoms with E-state index in [1.54, 1.807) is 42.7 Å². The van der Waals surface area contributed by atoms with Gasteiger partial charge in [-0.1, -0.05) is 12.1 Å². The second-order valence-electron chi connectivity index (χ2n) is 9.83. The average molecular weight is 541 g/mol. The standard InChI is InChI=1S/C28H20FN5O6/c1-39-17-5-4-14-11-34(25(36)21(14)22(17)29)12-28(26(37)32-27(38)33-28)18-8-15-7-16-10-31-24(35)20(16)19(23(15)40-18)13-3-2-6-30-9-13/h2-9H,10-12H2,1H3,(H,31,35)(H2,32,33,37,38). The number of benzene rings is 2. The zero-order chi connectivity index (χ0) is 27.8. The Labute approximate surface area is 225 Å². The van der Waals surface area contributed by atoms with Crippen LogP contribution in [0.1, 0.15) is 37.6 Å². The van der Waals surface area contributed by atoms with Gasteiger partial charge in [-0.05, 0) is 35.4 Å². The maximum absolute atomic E-state index is 15.0. The van der Waals surface area contributed by atoms with Crippen LogP contribution >= 0.6 is 0 Å². The fourth-order valence-electron chi connectivity index (χ4n) is 5.72. The second-order valence-corrected chi connectivity index (χ2v) is 9.83. The Kier molecular flexibility index (Phi) is 4.98. The maximum Gasteiger partial charge on any atom is 0.322 e. The fourth-order valence-corrected chi connectivity index (χ4v) is 5.72. The number of urea groups is 1. The Hall–Kier alpha value is -5.26. The number of amides is 5. The lowest BCUT2D eigenvalue weighted by Crippen LogP contribution is -2.52. The Morgan fingerprint density at radius 1 is 1.10 bits per heavy atom. The van der Waals surface area contributed by atoms with Crippen LogP contribution in [-0.4, -0.2) is 47.3 Å². The van der Waals surface area contributed by atoms with Gasteiger partial charge in [0.2, 0.25) is 0 Å². The Morgan fingerprint density at radius 3 is 2.67 bits per heavy atom. The van der Waals surface area contributed by atoms with E-state index in [9.17, 15) is 23.6 Å². The molecule has 11 nitrogen and oxygen atoms in total. The Morgan fingerprint density at radius 2 is 1.95 bits per heavy atom. The van der Waals surface area contributed by atoms with Crippen LogP contribution < -0.4 is 20.7 Å². The lowest BCUT2D eigenvalue weighted by molar-refractivity contribution is -0.125. The SMILES string of the molecule is COc1ccc2c(c1F)C(=O)N(CC1(c3cc4cc5c(c(-c6cccnc6)c4o3)C(=O)NC5)NC(=O)NC1=O)C2. The third kappa shape index (κ3) is 3.25. The van der Waals surface area contributed by atoms with Gasteiger partial charge in [0, 0.05) is 42.0 Å². The number of pyridine rings is 1. The van der Waals surface area contributed by atoms with Crippen molar-refractivity contribution in [1.29, 1.82) is 0 Å². The highest BCUT2D eigenvalue weighted by atomic mass is 19.1. The van der Waals surface area contributed by atoms with Crippen molar-refractivity contribution < 1.29 is 32.7 Å². The molecular weight excluding hydrogens is 521 g/mol. The van der Waals surface area contributed by atoms with E-state index in [0.717, 1.165) is 5.56 Å². The van der Waals surface area contributed by atoms with E-state index in [2.05, 4.69) is 20.9 Å². The number of hydrogen-bond acceptors (Lipinski definition) is 7. The summed E-state index contributed by atoms with van der Waals surface area (Å²) in [6.07, 6.45) is 3.21. The average Bonchev–Trinajstić information content (AvgIpc) is 3.69. The van der Waals surface area contributed by atoms with Gasteiger partial charge < -0.3 is 24.7 Å². The van der Waals surface area contributed by atoms with Crippen molar-refractivity contribution in [3.63, 3.8) is 0 Å². The topological polar surface area (TPSA) is 143 Å². The predicted octanol–water partition coefficient (Wildman–Crippen LogP) is 2.58. The first-order chi connectivity index (χ1) is 19.3. The molecule has 2 aromatic carbocycles. The van der Waals surface area contributed by atoms with E-state index in [4.69, 9.17) is 9.15 Å². The van der Waals surface area contributed by atoms with Crippen LogP contribution in [0.4, 0.5) is 9.18 Å². The van der Waals surface area contributed by atoms with Crippen LogP contribution in [0.15, 0.2) is 53.2 Å². The third-order valence-electron chi connectivity index (χ3n) is 7.57. The van der Waals surface area contributed by atoms with Crippen molar-refractivity contribution in [3.8, 4) is 16.9 Å². The summed E-state index contributed by atoms with van der Waals surface area (Å²) in [7, 11) is 1.30. The van der Waals surface area contributed by atoms with Crippen LogP contribution in [0.3, 0.4) is 0 Å². The molecule has 1 saturated heterocycles. The molecule has 3 aliphatic rings. The number of methoxy groups -OCH3 is 1. The fraction of sp³-hybridized carbons (Fsp3) is 0.179. The number of fused-ring (bicyclic) bond motifs is 3. The summed E-state index contributed by atoms with van der Waals surface area (Å²) in [5.41, 5.74) is 1.09. The van der Waals surface area contributed by atoms with Crippen LogP contribution in [-0.2, 0) is 23.4 Å². The van der Waals surface area contributed by atoms with Gasteiger partial charge in [-0.15, -0.1) is 0 Å². The second kappa shape index (κ2) is 8.37. The molecule has 0 saturated carbocycles. The lowest BCUT2D eigenvalue weighted by Gasteiger charge is -2.29. The Bertz CT molecular complexity index is 1800. The first kappa shape index (κ1) is 23.8. The number of aromatic nitrogens is 1. The number of carbonyl (C=O) groups excluding carboxylic acids is 4. The minimum Gasteiger partial charge on any atom is -0.494 e. The number of rotatable bonds is 5. The molecule has 4 aromatic rings. The molecule has 5 amide bonds. The molecule has 1 fully saturated rings. The van der Waals surface area contributed by atoms with E-state index in [1.807, 2.05) is 0 Å². The van der Waals surface area contributed by atoms with Gasteiger partial charge >= 0.3 is 6.03 Å². The van der Waals surface area contributed by atoms with E-state index >= 15 is 0 Å². The molecule has 40 heavy (non-hydrogen) atoms. The minimum atomic E-state index is -1.81. The highest BCUT2D eigenvalue weighted by molar-refractivity contribution is 6.12. The quantitative estimate of drug-likeness (QED) is 0.330. The van der Waals surface area contributed by atoms with Crippen LogP contribution in [0.2, 0.25) is 0 Å². The van der Waals surface area contributed by atoms with Gasteiger partial charge in [0.05, 0.1) is 24.8 Å². The van der Waals surface area contributed by atoms with Crippen LogP contribution in [0, 0.1) is 5.82 Å². The normalized spacial score (nSPS) is 19.5. The van der Waals surface area contributed by atoms with Gasteiger partial charge in [-0.25, -0.2) is 9.18 Å². The highest BCUT2D eigenvalue weighted by Gasteiger charge is 2.53. The zero-order valence-corrected chi connectivity index (χ0v) is 21.0. The number of furan rings is 1. The van der Waals surface area contributed by atoms with Gasteiger partial charge in [0.15, 0.2) is 17.1 Å². The monoisotopic (exact) mass is 541 g/mol. The van der Waals surface area contributed by atoms with Crippen molar-refractivity contribution in [2.75, 3.05) is 13.7 Å². The summed E-state index contributed by atoms with van der Waals surface area (Å²) in [6.45, 7) is -0.00643. The molecule has 2 aromatic heterocycles. The number of carbonyl (C=O) groups is 4. The molecule has 5 heterocycles. The first-order valence-electron chi connectivity index (χ1n) is 12.4. The largest absolute Gasteiger partial charge is 0.494 e. The summed E-state index contributed by atoms with van der Waals surface area (Å²) in [6, 6.07) is 9.17. The lowest BCUT2D eigenvalue weighted by atomic mass is 9.93. The highest BCUT2D eigenvalue weighted by Crippen LogP contribution is 2.41. The summed E-state index contributed by atoms with van der Waals surface area (Å²) in [5.74, 6) is -2.46. The van der Waals surface area contributed by atoms with E-state index in [-0.39, 0.29) is 36.1 Å². The number of ether oxygens (including phenoxy) is 1. The van der Waals surface area contributed by atoms with Gasteiger partial charge in [0.25, 0.3) is 17.7 Å². The van der Waals surface area contributed by atoms with Crippen LogP contribution in [0.25, 0.3) is 22.1 Å². The van der Waals surface area contributed by atoms with Crippen molar-refractivity contribution in [3.05, 3.63) is 82.6 Å². The van der Waals surface area contributed by atoms with E-state index in [0.29, 0.717) is 39.8 Å². The van der Waals surface area contributed by atoms with Crippen LogP contribution in [0.5, 0.6) is 5.75 Å². The molecule has 3 N–H and O–H groups in total. The molecular formula is C28H20FN5O6. The zero-order valence-electron chi connectivity index (χ0n) is 21.0. The Balaban J connectivity index is 1.37. The molecule has 3 aliphatic heterocycles. The van der Waals surface area contributed by atoms with E-state index in [1.165, 1.54) is 18.1 Å². The van der Waals surface area contributed by atoms with Gasteiger partial charge in [0.1, 0.15) is 11.3 Å². The number of halogens is 1. The predicted molar refractivity (Wildman–Crippen MR) is 137 cm³/mol. The number of nitrogens with one attached hydrogen (secondary N) is 3. The molecule has 0 radical (unpaired) electrons. The van der Waals surface area contributed by atoms with Crippen molar-refractivity contribution in [1.82, 2.24) is 25.8 Å². The van der Waals surface area contributed by atoms with Crippen molar-refractivity contribution >= 4 is 34.7 Å². The molecule has 1 unspecified atom stereocenters. The molecule has 0 aliphatic carbocycles. The molecule has 7 rings (SSSR count). The third-order valence-corrected chi connectivity index (χ3v) is 7.57. The smallest absolute Gasteiger partial charge is 0.322 e. The van der Waals surface area contributed by atoms with Crippen molar-refractivity contribution in [2.45, 2.75) is 18.6 Å². The molecule has 0 spiro atoms. The van der Waals surface area contributed by atoms with Crippen molar-refractivity contribution in [2.24, 2.45) is 0 Å². The number of imide groups is 1. The number of hydrogen-bond donors (Lipinski definition) is 3. The molecule has 200 valence electrons. The summed E-state index contributed by atoms with van der Waals surface area (Å²) >= 11 is 0. The minimum absolute atomic E-state index is 0.00954. The first-order valence-corrected chi connectivity index (χ1v) is 12.4. The molecule has 12 heteroatoms. The van der Waals surface area contributed by atoms with Gasteiger partial charge in [-0.3, -0.25) is 24.7 Å². The summed E-state index contributed by atoms with van der Waals surface area (Å²) < 4.78 is 26.3. The summed E-state index contributed by atoms with van der Waals surface area (Å²) in [5, 5.41) is 8.27. The van der Waals surface area contributed by atoms with E-state index < -0.39 is 29.2 Å². The molecule has 1 atom stereocenters. The number of nitrogens with zero attached hydrogens (tertiary/aromatic N) is 2. The van der Waals surface area contributed by atoms with Gasteiger partial charge in [-0.2, -0.15) is 0 Å². The maximum atomic E-state index is 15.0.